The third kappa shape index (κ3) is 2.89. The maximum absolute atomic E-state index is 10.6. The second kappa shape index (κ2) is 5.21. The molecule has 1 N–H and O–H groups in total. The number of nitro groups is 1. The SMILES string of the molecule is O=C(O)C(=CC=Cc1ccc2c(c1)OCO2)[N+](=O)[O-]. The molecule has 0 atom stereocenters. The molecule has 0 aliphatic carbocycles. The fourth-order valence-electron chi connectivity index (χ4n) is 1.48. The van der Waals surface area contributed by atoms with Gasteiger partial charge in [0, 0.05) is 6.08 Å². The smallest absolute Gasteiger partial charge is 0.407 e. The molecule has 0 saturated carbocycles. The van der Waals surface area contributed by atoms with Gasteiger partial charge in [0.15, 0.2) is 11.5 Å². The Morgan fingerprint density at radius 1 is 1.37 bits per heavy atom. The van der Waals surface area contributed by atoms with E-state index in [0.717, 1.165) is 6.08 Å². The first-order chi connectivity index (χ1) is 9.08. The molecule has 1 aromatic carbocycles. The number of carbonyl (C=O) groups is 1. The highest BCUT2D eigenvalue weighted by Gasteiger charge is 2.18. The summed E-state index contributed by atoms with van der Waals surface area (Å²) < 4.78 is 10.3. The van der Waals surface area contributed by atoms with Gasteiger partial charge >= 0.3 is 11.7 Å². The Hall–Kier alpha value is -2.83. The lowest BCUT2D eigenvalue weighted by molar-refractivity contribution is -0.420. The van der Waals surface area contributed by atoms with Crippen LogP contribution in [0.4, 0.5) is 0 Å². The van der Waals surface area contributed by atoms with Crippen molar-refractivity contribution in [3.05, 3.63) is 51.7 Å². The average molecular weight is 263 g/mol. The van der Waals surface area contributed by atoms with Gasteiger partial charge < -0.3 is 14.6 Å². The number of nitrogens with zero attached hydrogens (tertiary/aromatic N) is 1. The minimum absolute atomic E-state index is 0.160. The Morgan fingerprint density at radius 3 is 2.79 bits per heavy atom. The highest BCUT2D eigenvalue weighted by molar-refractivity contribution is 5.84. The molecular weight excluding hydrogens is 254 g/mol. The van der Waals surface area contributed by atoms with Gasteiger partial charge in [0.25, 0.3) is 0 Å². The van der Waals surface area contributed by atoms with E-state index in [1.54, 1.807) is 18.2 Å². The second-order valence-corrected chi connectivity index (χ2v) is 3.59. The van der Waals surface area contributed by atoms with Crippen molar-refractivity contribution in [3.63, 3.8) is 0 Å². The number of aliphatic carboxylic acids is 1. The third-order valence-electron chi connectivity index (χ3n) is 2.36. The molecule has 7 nitrogen and oxygen atoms in total. The molecule has 0 unspecified atom stereocenters. The number of hydrogen-bond acceptors (Lipinski definition) is 5. The molecule has 1 aliphatic rings. The molecule has 0 aromatic heterocycles. The molecule has 0 fully saturated rings. The number of carboxylic acids is 1. The van der Waals surface area contributed by atoms with Crippen LogP contribution in [0.5, 0.6) is 11.5 Å². The minimum atomic E-state index is -1.58. The summed E-state index contributed by atoms with van der Waals surface area (Å²) in [5, 5.41) is 19.0. The Labute approximate surface area is 107 Å². The summed E-state index contributed by atoms with van der Waals surface area (Å²) in [6.45, 7) is 0.160. The molecule has 1 aliphatic heterocycles. The average Bonchev–Trinajstić information content (AvgIpc) is 2.80. The normalized spacial score (nSPS) is 13.8. The Balaban J connectivity index is 2.17. The van der Waals surface area contributed by atoms with Crippen molar-refractivity contribution >= 4 is 12.0 Å². The summed E-state index contributed by atoms with van der Waals surface area (Å²) in [5.41, 5.74) is -0.175. The molecule has 0 spiro atoms. The summed E-state index contributed by atoms with van der Waals surface area (Å²) in [4.78, 5) is 20.0. The van der Waals surface area contributed by atoms with Crippen molar-refractivity contribution in [3.8, 4) is 11.5 Å². The first-order valence-corrected chi connectivity index (χ1v) is 5.23. The van der Waals surface area contributed by atoms with Crippen LogP contribution in [0.1, 0.15) is 5.56 Å². The fraction of sp³-hybridized carbons (Fsp3) is 0.0833. The van der Waals surface area contributed by atoms with E-state index in [2.05, 4.69) is 0 Å². The molecule has 1 heterocycles. The topological polar surface area (TPSA) is 98.9 Å². The summed E-state index contributed by atoms with van der Waals surface area (Å²) in [7, 11) is 0. The monoisotopic (exact) mass is 263 g/mol. The maximum atomic E-state index is 10.6. The summed E-state index contributed by atoms with van der Waals surface area (Å²) in [6, 6.07) is 5.13. The van der Waals surface area contributed by atoms with Crippen LogP contribution >= 0.6 is 0 Å². The highest BCUT2D eigenvalue weighted by atomic mass is 16.7. The lowest BCUT2D eigenvalue weighted by Crippen LogP contribution is -2.09. The van der Waals surface area contributed by atoms with Gasteiger partial charge in [-0.1, -0.05) is 18.2 Å². The second-order valence-electron chi connectivity index (χ2n) is 3.59. The number of rotatable bonds is 4. The zero-order valence-electron chi connectivity index (χ0n) is 9.61. The van der Waals surface area contributed by atoms with E-state index in [9.17, 15) is 14.9 Å². The van der Waals surface area contributed by atoms with Gasteiger partial charge in [-0.15, -0.1) is 0 Å². The van der Waals surface area contributed by atoms with Gasteiger partial charge in [0.2, 0.25) is 6.79 Å². The quantitative estimate of drug-likeness (QED) is 0.384. The zero-order chi connectivity index (χ0) is 13.8. The molecule has 19 heavy (non-hydrogen) atoms. The van der Waals surface area contributed by atoms with Gasteiger partial charge in [-0.25, -0.2) is 4.79 Å². The molecule has 0 radical (unpaired) electrons. The van der Waals surface area contributed by atoms with Crippen LogP contribution < -0.4 is 9.47 Å². The van der Waals surface area contributed by atoms with E-state index in [0.29, 0.717) is 17.1 Å². The van der Waals surface area contributed by atoms with Crippen molar-refractivity contribution < 1.29 is 24.3 Å². The number of benzene rings is 1. The molecule has 1 aromatic rings. The Morgan fingerprint density at radius 2 is 2.11 bits per heavy atom. The van der Waals surface area contributed by atoms with Gasteiger partial charge in [-0.3, -0.25) is 10.1 Å². The van der Waals surface area contributed by atoms with Crippen LogP contribution in [0.3, 0.4) is 0 Å². The Kier molecular flexibility index (Phi) is 3.46. The molecule has 0 saturated heterocycles. The molecule has 0 amide bonds. The first-order valence-electron chi connectivity index (χ1n) is 5.23. The van der Waals surface area contributed by atoms with E-state index in [4.69, 9.17) is 14.6 Å². The molecule has 7 heteroatoms. The van der Waals surface area contributed by atoms with Crippen molar-refractivity contribution in [1.29, 1.82) is 0 Å². The van der Waals surface area contributed by atoms with Crippen LogP contribution in [0.25, 0.3) is 6.08 Å². The van der Waals surface area contributed by atoms with Crippen LogP contribution in [0, 0.1) is 10.1 Å². The predicted octanol–water partition coefficient (Wildman–Crippen LogP) is 1.67. The number of ether oxygens (including phenoxy) is 2. The third-order valence-corrected chi connectivity index (χ3v) is 2.36. The van der Waals surface area contributed by atoms with Gasteiger partial charge in [-0.2, -0.15) is 0 Å². The largest absolute Gasteiger partial charge is 0.473 e. The van der Waals surface area contributed by atoms with E-state index < -0.39 is 16.6 Å². The number of allylic oxidation sites excluding steroid dienone is 2. The van der Waals surface area contributed by atoms with Crippen LogP contribution in [-0.4, -0.2) is 22.8 Å². The van der Waals surface area contributed by atoms with Crippen LogP contribution in [-0.2, 0) is 4.79 Å². The molecular formula is C12H9NO6. The summed E-state index contributed by atoms with van der Waals surface area (Å²) >= 11 is 0. The standard InChI is InChI=1S/C12H9NO6/c14-12(15)9(13(16)17)3-1-2-8-4-5-10-11(6-8)19-7-18-10/h1-6H,7H2,(H,14,15). The van der Waals surface area contributed by atoms with Crippen LogP contribution in [0.2, 0.25) is 0 Å². The minimum Gasteiger partial charge on any atom is -0.473 e. The number of carboxylic acid groups (broad SMARTS) is 1. The first kappa shape index (κ1) is 12.6. The van der Waals surface area contributed by atoms with Crippen molar-refractivity contribution in [2.45, 2.75) is 0 Å². The van der Waals surface area contributed by atoms with Crippen molar-refractivity contribution in [1.82, 2.24) is 0 Å². The number of hydrogen-bond donors (Lipinski definition) is 1. The summed E-state index contributed by atoms with van der Waals surface area (Å²) in [6.07, 6.45) is 3.76. The summed E-state index contributed by atoms with van der Waals surface area (Å²) in [5.74, 6) is -0.372. The molecule has 98 valence electrons. The fourth-order valence-corrected chi connectivity index (χ4v) is 1.48. The lowest BCUT2D eigenvalue weighted by atomic mass is 10.2. The maximum Gasteiger partial charge on any atom is 0.407 e. The van der Waals surface area contributed by atoms with E-state index in [-0.39, 0.29) is 6.79 Å². The van der Waals surface area contributed by atoms with Crippen molar-refractivity contribution in [2.24, 2.45) is 0 Å². The Bertz CT molecular complexity index is 574. The lowest BCUT2D eigenvalue weighted by Gasteiger charge is -1.96. The van der Waals surface area contributed by atoms with Gasteiger partial charge in [0.05, 0.1) is 4.92 Å². The van der Waals surface area contributed by atoms with E-state index in [1.807, 2.05) is 0 Å². The van der Waals surface area contributed by atoms with E-state index in [1.165, 1.54) is 12.2 Å². The predicted molar refractivity (Wildman–Crippen MR) is 64.3 cm³/mol. The molecule has 0 bridgehead atoms. The zero-order valence-corrected chi connectivity index (χ0v) is 9.61. The number of fused-ring (bicyclic) bond motifs is 1. The molecule has 2 rings (SSSR count). The van der Waals surface area contributed by atoms with Gasteiger partial charge in [0.1, 0.15) is 0 Å². The van der Waals surface area contributed by atoms with E-state index >= 15 is 0 Å². The van der Waals surface area contributed by atoms with Crippen LogP contribution in [0.15, 0.2) is 36.0 Å². The van der Waals surface area contributed by atoms with Gasteiger partial charge in [-0.05, 0) is 17.7 Å². The van der Waals surface area contributed by atoms with Crippen molar-refractivity contribution in [2.75, 3.05) is 6.79 Å². The highest BCUT2D eigenvalue weighted by Crippen LogP contribution is 2.32.